The van der Waals surface area contributed by atoms with Gasteiger partial charge >= 0.3 is 0 Å². The van der Waals surface area contributed by atoms with Crippen LogP contribution in [0, 0.1) is 0 Å². The monoisotopic (exact) mass is 287 g/mol. The van der Waals surface area contributed by atoms with Crippen molar-refractivity contribution in [3.05, 3.63) is 77.3 Å². The van der Waals surface area contributed by atoms with Crippen LogP contribution in [0.25, 0.3) is 33.1 Å². The molecule has 1 heterocycles. The summed E-state index contributed by atoms with van der Waals surface area (Å²) in [6, 6.07) is 23.1. The fourth-order valence-corrected chi connectivity index (χ4v) is 3.37. The molecule has 0 N–H and O–H groups in total. The quantitative estimate of drug-likeness (QED) is 0.466. The van der Waals surface area contributed by atoms with E-state index < -0.39 is 0 Å². The SMILES string of the molecule is C(=C\c1nc2c(ccc3ccccc32)s1)/c1ccccc1. The van der Waals surface area contributed by atoms with Crippen LogP contribution in [0.4, 0.5) is 0 Å². The van der Waals surface area contributed by atoms with Gasteiger partial charge in [-0.15, -0.1) is 11.3 Å². The van der Waals surface area contributed by atoms with Crippen LogP contribution in [0.15, 0.2) is 66.7 Å². The Kier molecular flexibility index (Phi) is 3.02. The van der Waals surface area contributed by atoms with Crippen LogP contribution in [0.2, 0.25) is 0 Å². The number of hydrogen-bond acceptors (Lipinski definition) is 2. The summed E-state index contributed by atoms with van der Waals surface area (Å²) in [7, 11) is 0. The summed E-state index contributed by atoms with van der Waals surface area (Å²) in [5.74, 6) is 0. The minimum Gasteiger partial charge on any atom is -0.236 e. The Balaban J connectivity index is 1.80. The number of rotatable bonds is 2. The van der Waals surface area contributed by atoms with E-state index in [9.17, 15) is 0 Å². The highest BCUT2D eigenvalue weighted by molar-refractivity contribution is 7.19. The number of nitrogens with zero attached hydrogens (tertiary/aromatic N) is 1. The highest BCUT2D eigenvalue weighted by Crippen LogP contribution is 2.29. The van der Waals surface area contributed by atoms with Crippen molar-refractivity contribution >= 4 is 44.5 Å². The summed E-state index contributed by atoms with van der Waals surface area (Å²) in [6.45, 7) is 0. The zero-order chi connectivity index (χ0) is 14.1. The van der Waals surface area contributed by atoms with Crippen LogP contribution < -0.4 is 0 Å². The predicted octanol–water partition coefficient (Wildman–Crippen LogP) is 5.62. The first-order chi connectivity index (χ1) is 10.4. The molecule has 0 radical (unpaired) electrons. The van der Waals surface area contributed by atoms with Gasteiger partial charge in [0, 0.05) is 5.39 Å². The van der Waals surface area contributed by atoms with Crippen molar-refractivity contribution in [3.8, 4) is 0 Å². The van der Waals surface area contributed by atoms with Gasteiger partial charge in [0.15, 0.2) is 0 Å². The lowest BCUT2D eigenvalue weighted by molar-refractivity contribution is 1.48. The lowest BCUT2D eigenvalue weighted by Crippen LogP contribution is -1.75. The Labute approximate surface area is 127 Å². The van der Waals surface area contributed by atoms with Gasteiger partial charge in [0.1, 0.15) is 5.01 Å². The van der Waals surface area contributed by atoms with Gasteiger partial charge in [-0.05, 0) is 23.1 Å². The first-order valence-corrected chi connectivity index (χ1v) is 7.73. The Morgan fingerprint density at radius 3 is 2.48 bits per heavy atom. The molecule has 1 nitrogen and oxygen atoms in total. The van der Waals surface area contributed by atoms with Crippen LogP contribution in [0.1, 0.15) is 10.6 Å². The van der Waals surface area contributed by atoms with Crippen molar-refractivity contribution in [1.29, 1.82) is 0 Å². The minimum absolute atomic E-state index is 1.05. The van der Waals surface area contributed by atoms with E-state index in [1.165, 1.54) is 21.0 Å². The second kappa shape index (κ2) is 5.15. The number of hydrogen-bond donors (Lipinski definition) is 0. The maximum atomic E-state index is 4.79. The zero-order valence-electron chi connectivity index (χ0n) is 11.4. The van der Waals surface area contributed by atoms with E-state index in [0.717, 1.165) is 10.5 Å². The predicted molar refractivity (Wildman–Crippen MR) is 92.5 cm³/mol. The topological polar surface area (TPSA) is 12.9 Å². The normalized spacial score (nSPS) is 11.6. The summed E-state index contributed by atoms with van der Waals surface area (Å²) >= 11 is 1.73. The number of fused-ring (bicyclic) bond motifs is 3. The van der Waals surface area contributed by atoms with E-state index in [1.807, 2.05) is 18.2 Å². The molecule has 21 heavy (non-hydrogen) atoms. The standard InChI is InChI=1S/C19H13NS/c1-2-6-14(7-3-1)10-13-18-20-19-16-9-5-4-8-15(16)11-12-17(19)21-18/h1-13H/b13-10+. The third kappa shape index (κ3) is 2.34. The first kappa shape index (κ1) is 12.3. The number of benzene rings is 3. The molecule has 0 spiro atoms. The van der Waals surface area contributed by atoms with Crippen molar-refractivity contribution in [2.24, 2.45) is 0 Å². The number of aromatic nitrogens is 1. The van der Waals surface area contributed by atoms with E-state index >= 15 is 0 Å². The zero-order valence-corrected chi connectivity index (χ0v) is 12.2. The minimum atomic E-state index is 1.05. The van der Waals surface area contributed by atoms with Gasteiger partial charge in [0.2, 0.25) is 0 Å². The second-order valence-corrected chi connectivity index (χ2v) is 5.99. The van der Waals surface area contributed by atoms with Gasteiger partial charge in [-0.25, -0.2) is 4.98 Å². The van der Waals surface area contributed by atoms with E-state index in [-0.39, 0.29) is 0 Å². The van der Waals surface area contributed by atoms with Gasteiger partial charge < -0.3 is 0 Å². The van der Waals surface area contributed by atoms with E-state index in [2.05, 4.69) is 60.7 Å². The molecule has 4 rings (SSSR count). The average molecular weight is 287 g/mol. The van der Waals surface area contributed by atoms with Crippen LogP contribution in [-0.4, -0.2) is 4.98 Å². The summed E-state index contributed by atoms with van der Waals surface area (Å²) in [5.41, 5.74) is 2.30. The van der Waals surface area contributed by atoms with Crippen LogP contribution in [0.3, 0.4) is 0 Å². The van der Waals surface area contributed by atoms with E-state index in [0.29, 0.717) is 0 Å². The van der Waals surface area contributed by atoms with Crippen molar-refractivity contribution in [3.63, 3.8) is 0 Å². The van der Waals surface area contributed by atoms with Crippen LogP contribution in [-0.2, 0) is 0 Å². The molecule has 1 aromatic heterocycles. The molecule has 100 valence electrons. The summed E-state index contributed by atoms with van der Waals surface area (Å²) in [4.78, 5) is 4.79. The summed E-state index contributed by atoms with van der Waals surface area (Å²) < 4.78 is 1.24. The van der Waals surface area contributed by atoms with Crippen LogP contribution >= 0.6 is 11.3 Å². The maximum Gasteiger partial charge on any atom is 0.117 e. The molecule has 3 aromatic carbocycles. The van der Waals surface area contributed by atoms with E-state index in [4.69, 9.17) is 4.98 Å². The Bertz CT molecular complexity index is 936. The Morgan fingerprint density at radius 1 is 0.762 bits per heavy atom. The van der Waals surface area contributed by atoms with Crippen LogP contribution in [0.5, 0.6) is 0 Å². The molecule has 0 amide bonds. The number of thiazole rings is 1. The molecule has 0 aliphatic heterocycles. The smallest absolute Gasteiger partial charge is 0.117 e. The molecule has 0 saturated heterocycles. The fraction of sp³-hybridized carbons (Fsp3) is 0. The molecule has 2 heteroatoms. The highest BCUT2D eigenvalue weighted by atomic mass is 32.1. The summed E-state index contributed by atoms with van der Waals surface area (Å²) in [6.07, 6.45) is 4.20. The molecule has 0 saturated carbocycles. The molecule has 0 aliphatic rings. The van der Waals surface area contributed by atoms with E-state index in [1.54, 1.807) is 11.3 Å². The molecule has 0 fully saturated rings. The largest absolute Gasteiger partial charge is 0.236 e. The molecule has 0 unspecified atom stereocenters. The first-order valence-electron chi connectivity index (χ1n) is 6.91. The molecular formula is C19H13NS. The molecular weight excluding hydrogens is 274 g/mol. The second-order valence-electron chi connectivity index (χ2n) is 4.93. The molecule has 0 atom stereocenters. The molecule has 4 aromatic rings. The van der Waals surface area contributed by atoms with Gasteiger partial charge in [-0.3, -0.25) is 0 Å². The maximum absolute atomic E-state index is 4.79. The lowest BCUT2D eigenvalue weighted by Gasteiger charge is -1.96. The van der Waals surface area contributed by atoms with Crippen molar-refractivity contribution in [2.75, 3.05) is 0 Å². The Morgan fingerprint density at radius 2 is 1.57 bits per heavy atom. The highest BCUT2D eigenvalue weighted by Gasteiger charge is 2.05. The summed E-state index contributed by atoms with van der Waals surface area (Å²) in [5, 5.41) is 3.52. The van der Waals surface area contributed by atoms with Crippen molar-refractivity contribution in [2.45, 2.75) is 0 Å². The lowest BCUT2D eigenvalue weighted by atomic mass is 10.1. The molecule has 0 bridgehead atoms. The van der Waals surface area contributed by atoms with Gasteiger partial charge in [0.25, 0.3) is 0 Å². The van der Waals surface area contributed by atoms with Gasteiger partial charge in [-0.2, -0.15) is 0 Å². The Hall–Kier alpha value is -2.45. The van der Waals surface area contributed by atoms with Gasteiger partial charge in [0.05, 0.1) is 10.2 Å². The third-order valence-electron chi connectivity index (χ3n) is 3.52. The average Bonchev–Trinajstić information content (AvgIpc) is 2.97. The van der Waals surface area contributed by atoms with Gasteiger partial charge in [-0.1, -0.05) is 66.7 Å². The fourth-order valence-electron chi connectivity index (χ4n) is 2.48. The van der Waals surface area contributed by atoms with Crippen molar-refractivity contribution in [1.82, 2.24) is 4.98 Å². The third-order valence-corrected chi connectivity index (χ3v) is 4.50. The molecule has 0 aliphatic carbocycles. The van der Waals surface area contributed by atoms with Crippen molar-refractivity contribution < 1.29 is 0 Å².